The largest absolute Gasteiger partial charge is 0.372 e. The molecule has 0 bridgehead atoms. The molecule has 0 aliphatic carbocycles. The lowest BCUT2D eigenvalue weighted by Crippen LogP contribution is -2.31. The van der Waals surface area contributed by atoms with Gasteiger partial charge >= 0.3 is 0 Å². The molecule has 2 aromatic heterocycles. The summed E-state index contributed by atoms with van der Waals surface area (Å²) in [6, 6.07) is 30.3. The number of nitrogens with zero attached hydrogens (tertiary/aromatic N) is 2. The molecule has 0 amide bonds. The van der Waals surface area contributed by atoms with Gasteiger partial charge in [0.05, 0.1) is 32.4 Å². The van der Waals surface area contributed by atoms with Crippen molar-refractivity contribution in [3.05, 3.63) is 93.9 Å². The lowest BCUT2D eigenvalue weighted by molar-refractivity contribution is -0.148. The molecule has 2 unspecified atom stereocenters. The molecule has 7 rings (SSSR count). The van der Waals surface area contributed by atoms with Gasteiger partial charge in [0.25, 0.3) is 0 Å². The second-order valence-electron chi connectivity index (χ2n) is 11.0. The van der Waals surface area contributed by atoms with Crippen molar-refractivity contribution < 1.29 is 14.2 Å². The third-order valence-electron chi connectivity index (χ3n) is 7.83. The highest BCUT2D eigenvalue weighted by Crippen LogP contribution is 2.35. The summed E-state index contributed by atoms with van der Waals surface area (Å²) < 4.78 is 25.6. The number of rotatable bonds is 7. The number of hydrogen-bond donors (Lipinski definition) is 0. The first-order chi connectivity index (χ1) is 19.4. The molecule has 1 aliphatic heterocycles. The minimum atomic E-state index is -0.579. The zero-order valence-electron chi connectivity index (χ0n) is 22.4. The molecule has 2 atom stereocenters. The number of ether oxygens (including phenoxy) is 3. The van der Waals surface area contributed by atoms with Crippen LogP contribution in [0.2, 0.25) is 0 Å². The Morgan fingerprint density at radius 1 is 0.750 bits per heavy atom. The Morgan fingerprint density at radius 2 is 1.25 bits per heavy atom. The van der Waals surface area contributed by atoms with Crippen LogP contribution in [0.15, 0.2) is 93.9 Å². The van der Waals surface area contributed by atoms with Crippen molar-refractivity contribution in [2.45, 2.75) is 44.9 Å². The number of halogens is 2. The highest BCUT2D eigenvalue weighted by atomic mass is 79.9. The lowest BCUT2D eigenvalue weighted by Gasteiger charge is -2.24. The van der Waals surface area contributed by atoms with E-state index in [-0.39, 0.29) is 12.2 Å². The standard InChI is InChI=1S/C33H30Br2N2O3/c1-33(2)39-20-24(40-33)19-38-23(17-36-29-9-5-3-7-25(29)26-8-4-6-10-30(26)36)18-37-31-13-11-21(34)15-27(31)28-16-22(35)12-14-32(28)37/h3-16,23-24H,17-20H2,1-2H3. The smallest absolute Gasteiger partial charge is 0.163 e. The van der Waals surface area contributed by atoms with Gasteiger partial charge in [0.1, 0.15) is 6.10 Å². The molecule has 0 N–H and O–H groups in total. The minimum absolute atomic E-state index is 0.0966. The summed E-state index contributed by atoms with van der Waals surface area (Å²) in [4.78, 5) is 0. The van der Waals surface area contributed by atoms with E-state index in [1.807, 2.05) is 13.8 Å². The molecule has 0 radical (unpaired) electrons. The van der Waals surface area contributed by atoms with Crippen molar-refractivity contribution in [1.29, 1.82) is 0 Å². The minimum Gasteiger partial charge on any atom is -0.372 e. The SMILES string of the molecule is CC1(C)OCC(COC(Cn2c3ccccc3c3ccccc32)Cn2c3ccc(Br)cc3c3cc(Br)ccc32)O1. The van der Waals surface area contributed by atoms with Gasteiger partial charge in [0.15, 0.2) is 5.79 Å². The fourth-order valence-corrected chi connectivity index (χ4v) is 6.83. The molecule has 7 heteroatoms. The van der Waals surface area contributed by atoms with Crippen LogP contribution in [0.3, 0.4) is 0 Å². The summed E-state index contributed by atoms with van der Waals surface area (Å²) in [6.45, 7) is 6.32. The summed E-state index contributed by atoms with van der Waals surface area (Å²) >= 11 is 7.36. The van der Waals surface area contributed by atoms with Crippen molar-refractivity contribution in [2.75, 3.05) is 13.2 Å². The molecule has 1 aliphatic rings. The van der Waals surface area contributed by atoms with E-state index in [1.54, 1.807) is 0 Å². The van der Waals surface area contributed by atoms with Crippen molar-refractivity contribution in [2.24, 2.45) is 0 Å². The van der Waals surface area contributed by atoms with Gasteiger partial charge in [-0.1, -0.05) is 68.3 Å². The fourth-order valence-electron chi connectivity index (χ4n) is 6.10. The quantitative estimate of drug-likeness (QED) is 0.172. The Labute approximate surface area is 249 Å². The molecule has 1 saturated heterocycles. The Bertz CT molecular complexity index is 1760. The summed E-state index contributed by atoms with van der Waals surface area (Å²) in [5.41, 5.74) is 4.81. The maximum atomic E-state index is 6.74. The monoisotopic (exact) mass is 660 g/mol. The third-order valence-corrected chi connectivity index (χ3v) is 8.81. The van der Waals surface area contributed by atoms with Crippen molar-refractivity contribution in [3.8, 4) is 0 Å². The fraction of sp³-hybridized carbons (Fsp3) is 0.273. The van der Waals surface area contributed by atoms with Crippen molar-refractivity contribution in [1.82, 2.24) is 9.13 Å². The molecular formula is C33H30Br2N2O3. The van der Waals surface area contributed by atoms with Gasteiger partial charge < -0.3 is 23.3 Å². The zero-order valence-corrected chi connectivity index (χ0v) is 25.6. The Morgan fingerprint density at radius 3 is 1.75 bits per heavy atom. The molecular weight excluding hydrogens is 632 g/mol. The summed E-state index contributed by atoms with van der Waals surface area (Å²) in [6.07, 6.45) is -0.210. The average molecular weight is 662 g/mol. The molecule has 0 saturated carbocycles. The van der Waals surface area contributed by atoms with Crippen molar-refractivity contribution >= 4 is 75.5 Å². The topological polar surface area (TPSA) is 37.5 Å². The second-order valence-corrected chi connectivity index (χ2v) is 12.8. The van der Waals surface area contributed by atoms with Crippen LogP contribution < -0.4 is 0 Å². The van der Waals surface area contributed by atoms with Crippen molar-refractivity contribution in [3.63, 3.8) is 0 Å². The Balaban J connectivity index is 1.31. The van der Waals surface area contributed by atoms with Gasteiger partial charge in [-0.15, -0.1) is 0 Å². The van der Waals surface area contributed by atoms with E-state index in [0.29, 0.717) is 26.3 Å². The Hall–Kier alpha value is -2.68. The molecule has 5 nitrogen and oxygen atoms in total. The highest BCUT2D eigenvalue weighted by molar-refractivity contribution is 9.10. The zero-order chi connectivity index (χ0) is 27.4. The van der Waals surface area contributed by atoms with Crippen LogP contribution in [0.25, 0.3) is 43.6 Å². The average Bonchev–Trinajstić information content (AvgIpc) is 3.56. The van der Waals surface area contributed by atoms with Gasteiger partial charge in [-0.25, -0.2) is 0 Å². The maximum Gasteiger partial charge on any atom is 0.163 e. The number of benzene rings is 4. The Kier molecular flexibility index (Phi) is 6.76. The first-order valence-corrected chi connectivity index (χ1v) is 15.2. The third kappa shape index (κ3) is 4.78. The van der Waals surface area contributed by atoms with E-state index in [9.17, 15) is 0 Å². The molecule has 40 heavy (non-hydrogen) atoms. The van der Waals surface area contributed by atoms with E-state index in [2.05, 4.69) is 126 Å². The van der Waals surface area contributed by atoms with Gasteiger partial charge in [-0.3, -0.25) is 0 Å². The second kappa shape index (κ2) is 10.3. The van der Waals surface area contributed by atoms with E-state index in [0.717, 1.165) is 8.95 Å². The summed E-state index contributed by atoms with van der Waals surface area (Å²) in [5, 5.41) is 4.96. The van der Waals surface area contributed by atoms with Crippen LogP contribution in [0.4, 0.5) is 0 Å². The van der Waals surface area contributed by atoms with E-state index >= 15 is 0 Å². The molecule has 0 spiro atoms. The first-order valence-electron chi connectivity index (χ1n) is 13.6. The normalized spacial score (nSPS) is 17.9. The van der Waals surface area contributed by atoms with Crippen LogP contribution >= 0.6 is 31.9 Å². The van der Waals surface area contributed by atoms with Gasteiger partial charge in [-0.2, -0.15) is 0 Å². The molecule has 3 heterocycles. The van der Waals surface area contributed by atoms with Crippen LogP contribution in [-0.2, 0) is 27.3 Å². The molecule has 1 fully saturated rings. The molecule has 204 valence electrons. The van der Waals surface area contributed by atoms with E-state index in [4.69, 9.17) is 14.2 Å². The molecule has 6 aromatic rings. The predicted molar refractivity (Wildman–Crippen MR) is 169 cm³/mol. The van der Waals surface area contributed by atoms with Crippen LogP contribution in [0.5, 0.6) is 0 Å². The summed E-state index contributed by atoms with van der Waals surface area (Å²) in [5.74, 6) is -0.579. The number of aromatic nitrogens is 2. The summed E-state index contributed by atoms with van der Waals surface area (Å²) in [7, 11) is 0. The van der Waals surface area contributed by atoms with Gasteiger partial charge in [-0.05, 0) is 62.4 Å². The van der Waals surface area contributed by atoms with E-state index in [1.165, 1.54) is 43.6 Å². The molecule has 4 aromatic carbocycles. The number of hydrogen-bond acceptors (Lipinski definition) is 3. The van der Waals surface area contributed by atoms with Gasteiger partial charge in [0, 0.05) is 52.6 Å². The van der Waals surface area contributed by atoms with Crippen LogP contribution in [-0.4, -0.2) is 40.3 Å². The van der Waals surface area contributed by atoms with Crippen LogP contribution in [0.1, 0.15) is 13.8 Å². The lowest BCUT2D eigenvalue weighted by atomic mass is 10.2. The van der Waals surface area contributed by atoms with E-state index < -0.39 is 5.79 Å². The highest BCUT2D eigenvalue weighted by Gasteiger charge is 2.33. The predicted octanol–water partition coefficient (Wildman–Crippen LogP) is 8.66. The van der Waals surface area contributed by atoms with Crippen LogP contribution in [0, 0.1) is 0 Å². The first kappa shape index (κ1) is 26.2. The number of fused-ring (bicyclic) bond motifs is 6. The number of para-hydroxylation sites is 2. The van der Waals surface area contributed by atoms with Gasteiger partial charge in [0.2, 0.25) is 0 Å². The maximum absolute atomic E-state index is 6.74.